The van der Waals surface area contributed by atoms with E-state index in [1.54, 1.807) is 28.9 Å². The Morgan fingerprint density at radius 3 is 2.61 bits per heavy atom. The zero-order valence-corrected chi connectivity index (χ0v) is 18.5. The fourth-order valence-corrected chi connectivity index (χ4v) is 3.90. The molecule has 0 aliphatic heterocycles. The maximum Gasteiger partial charge on any atom is 0.258 e. The SMILES string of the molecule is N#Cc1ccc(C(=O)Nc2cn3nc(-c4c(-c5ccc(F)cc5)nc5ccccn45)ccc3n2)cn1. The Kier molecular flexibility index (Phi) is 4.94. The van der Waals surface area contributed by atoms with Crippen molar-refractivity contribution in [2.75, 3.05) is 5.32 Å². The minimum atomic E-state index is -0.406. The van der Waals surface area contributed by atoms with Crippen LogP contribution in [0.2, 0.25) is 0 Å². The predicted octanol–water partition coefficient (Wildman–Crippen LogP) is 4.37. The standard InChI is InChI=1S/C26H15FN8O/c27-18-7-4-16(5-8-18)24-25(34-12-2-1-3-22(34)32-24)20-10-11-23-30-21(15-35(23)33-20)31-26(36)17-6-9-19(13-28)29-14-17/h1-12,14-15H,(H,31,36). The molecule has 9 nitrogen and oxygen atoms in total. The minimum Gasteiger partial charge on any atom is -0.305 e. The van der Waals surface area contributed by atoms with Crippen molar-refractivity contribution in [1.82, 2.24) is 29.0 Å². The summed E-state index contributed by atoms with van der Waals surface area (Å²) in [4.78, 5) is 25.7. The van der Waals surface area contributed by atoms with E-state index in [0.29, 0.717) is 28.4 Å². The van der Waals surface area contributed by atoms with E-state index in [1.165, 1.54) is 30.5 Å². The molecule has 172 valence electrons. The van der Waals surface area contributed by atoms with Crippen LogP contribution in [0.15, 0.2) is 85.3 Å². The molecule has 0 spiro atoms. The summed E-state index contributed by atoms with van der Waals surface area (Å²) in [5.41, 5.74) is 4.56. The molecule has 6 rings (SSSR count). The highest BCUT2D eigenvalue weighted by Crippen LogP contribution is 2.32. The van der Waals surface area contributed by atoms with Crippen LogP contribution in [-0.4, -0.2) is 34.9 Å². The number of hydrogen-bond acceptors (Lipinski definition) is 6. The van der Waals surface area contributed by atoms with E-state index in [4.69, 9.17) is 15.3 Å². The van der Waals surface area contributed by atoms with Crippen molar-refractivity contribution in [2.24, 2.45) is 0 Å². The summed E-state index contributed by atoms with van der Waals surface area (Å²) in [5.74, 6) is -0.421. The molecule has 10 heteroatoms. The van der Waals surface area contributed by atoms with Gasteiger partial charge in [0.25, 0.3) is 5.91 Å². The highest BCUT2D eigenvalue weighted by atomic mass is 19.1. The predicted molar refractivity (Wildman–Crippen MR) is 129 cm³/mol. The van der Waals surface area contributed by atoms with Crippen molar-refractivity contribution >= 4 is 23.0 Å². The third-order valence-electron chi connectivity index (χ3n) is 5.59. The molecule has 1 aromatic carbocycles. The Labute approximate surface area is 203 Å². The molecular weight excluding hydrogens is 459 g/mol. The quantitative estimate of drug-likeness (QED) is 0.406. The average Bonchev–Trinajstić information content (AvgIpc) is 3.49. The van der Waals surface area contributed by atoms with Gasteiger partial charge in [-0.25, -0.2) is 23.9 Å². The first-order valence-electron chi connectivity index (χ1n) is 10.9. The van der Waals surface area contributed by atoms with E-state index in [-0.39, 0.29) is 11.5 Å². The van der Waals surface area contributed by atoms with Crippen LogP contribution < -0.4 is 5.32 Å². The van der Waals surface area contributed by atoms with Gasteiger partial charge in [0, 0.05) is 18.0 Å². The zero-order valence-electron chi connectivity index (χ0n) is 18.5. The highest BCUT2D eigenvalue weighted by molar-refractivity contribution is 6.03. The van der Waals surface area contributed by atoms with E-state index in [9.17, 15) is 9.18 Å². The van der Waals surface area contributed by atoms with Gasteiger partial charge in [0.05, 0.1) is 17.5 Å². The molecule has 0 radical (unpaired) electrons. The molecule has 0 fully saturated rings. The fourth-order valence-electron chi connectivity index (χ4n) is 3.90. The topological polar surface area (TPSA) is 113 Å². The number of nitrogens with zero attached hydrogens (tertiary/aromatic N) is 7. The first-order chi connectivity index (χ1) is 17.6. The summed E-state index contributed by atoms with van der Waals surface area (Å²) < 4.78 is 17.0. The number of nitriles is 1. The van der Waals surface area contributed by atoms with Gasteiger partial charge in [-0.3, -0.25) is 9.20 Å². The zero-order chi connectivity index (χ0) is 24.6. The number of rotatable bonds is 4. The maximum absolute atomic E-state index is 13.5. The Balaban J connectivity index is 1.39. The van der Waals surface area contributed by atoms with Crippen molar-refractivity contribution < 1.29 is 9.18 Å². The molecule has 0 saturated carbocycles. The lowest BCUT2D eigenvalue weighted by atomic mass is 10.1. The lowest BCUT2D eigenvalue weighted by Crippen LogP contribution is -2.12. The molecule has 0 bridgehead atoms. The second-order valence-electron chi connectivity index (χ2n) is 7.89. The van der Waals surface area contributed by atoms with Gasteiger partial charge in [-0.2, -0.15) is 10.4 Å². The summed E-state index contributed by atoms with van der Waals surface area (Å²) in [6.07, 6.45) is 4.83. The Bertz CT molecular complexity index is 1800. The van der Waals surface area contributed by atoms with Crippen LogP contribution in [0.5, 0.6) is 0 Å². The van der Waals surface area contributed by atoms with Gasteiger partial charge in [0.2, 0.25) is 0 Å². The van der Waals surface area contributed by atoms with Gasteiger partial charge in [0.1, 0.15) is 34.6 Å². The number of halogens is 1. The number of anilines is 1. The largest absolute Gasteiger partial charge is 0.305 e. The first-order valence-corrected chi connectivity index (χ1v) is 10.9. The lowest BCUT2D eigenvalue weighted by molar-refractivity contribution is 0.102. The van der Waals surface area contributed by atoms with E-state index in [2.05, 4.69) is 15.3 Å². The van der Waals surface area contributed by atoms with Crippen molar-refractivity contribution in [3.05, 3.63) is 102 Å². The number of fused-ring (bicyclic) bond motifs is 2. The van der Waals surface area contributed by atoms with Gasteiger partial charge in [0.15, 0.2) is 11.5 Å². The third-order valence-corrected chi connectivity index (χ3v) is 5.59. The monoisotopic (exact) mass is 474 g/mol. The van der Waals surface area contributed by atoms with Crippen LogP contribution in [0.25, 0.3) is 33.9 Å². The molecule has 6 aromatic rings. The number of aromatic nitrogens is 6. The number of pyridine rings is 2. The lowest BCUT2D eigenvalue weighted by Gasteiger charge is -2.05. The molecule has 0 saturated heterocycles. The number of nitrogens with one attached hydrogen (secondary N) is 1. The minimum absolute atomic E-state index is 0.225. The summed E-state index contributed by atoms with van der Waals surface area (Å²) in [6, 6.07) is 20.4. The third kappa shape index (κ3) is 3.70. The summed E-state index contributed by atoms with van der Waals surface area (Å²) in [6.45, 7) is 0. The molecule has 36 heavy (non-hydrogen) atoms. The van der Waals surface area contributed by atoms with Crippen LogP contribution in [0.3, 0.4) is 0 Å². The number of carbonyl (C=O) groups excluding carboxylic acids is 1. The highest BCUT2D eigenvalue weighted by Gasteiger charge is 2.18. The number of carbonyl (C=O) groups is 1. The summed E-state index contributed by atoms with van der Waals surface area (Å²) in [5, 5.41) is 16.3. The number of amides is 1. The van der Waals surface area contributed by atoms with E-state index in [0.717, 1.165) is 16.9 Å². The molecule has 0 unspecified atom stereocenters. The Morgan fingerprint density at radius 1 is 0.972 bits per heavy atom. The van der Waals surface area contributed by atoms with Gasteiger partial charge in [-0.1, -0.05) is 6.07 Å². The van der Waals surface area contributed by atoms with Crippen molar-refractivity contribution in [3.63, 3.8) is 0 Å². The second-order valence-corrected chi connectivity index (χ2v) is 7.89. The van der Waals surface area contributed by atoms with Gasteiger partial charge >= 0.3 is 0 Å². The molecule has 5 aromatic heterocycles. The normalized spacial score (nSPS) is 11.0. The van der Waals surface area contributed by atoms with E-state index in [1.807, 2.05) is 40.9 Å². The molecule has 0 aliphatic rings. The Morgan fingerprint density at radius 2 is 1.83 bits per heavy atom. The molecule has 0 atom stereocenters. The van der Waals surface area contributed by atoms with Crippen LogP contribution in [0, 0.1) is 17.1 Å². The summed E-state index contributed by atoms with van der Waals surface area (Å²) >= 11 is 0. The smallest absolute Gasteiger partial charge is 0.258 e. The van der Waals surface area contributed by atoms with Crippen LogP contribution >= 0.6 is 0 Å². The first kappa shape index (κ1) is 21.1. The number of benzene rings is 1. The fraction of sp³-hybridized carbons (Fsp3) is 0. The maximum atomic E-state index is 13.5. The molecule has 1 amide bonds. The van der Waals surface area contributed by atoms with E-state index < -0.39 is 5.91 Å². The number of hydrogen-bond donors (Lipinski definition) is 1. The summed E-state index contributed by atoms with van der Waals surface area (Å²) in [7, 11) is 0. The van der Waals surface area contributed by atoms with Crippen molar-refractivity contribution in [2.45, 2.75) is 0 Å². The van der Waals surface area contributed by atoms with Crippen LogP contribution in [0.4, 0.5) is 10.2 Å². The van der Waals surface area contributed by atoms with Crippen LogP contribution in [-0.2, 0) is 0 Å². The molecule has 0 aliphatic carbocycles. The van der Waals surface area contributed by atoms with E-state index >= 15 is 0 Å². The van der Waals surface area contributed by atoms with Crippen molar-refractivity contribution in [1.29, 1.82) is 5.26 Å². The average molecular weight is 474 g/mol. The molecule has 1 N–H and O–H groups in total. The second kappa shape index (κ2) is 8.41. The van der Waals surface area contributed by atoms with Gasteiger partial charge < -0.3 is 5.32 Å². The molecular formula is C26H15FN8O. The Hall–Kier alpha value is -5.43. The van der Waals surface area contributed by atoms with Gasteiger partial charge in [-0.15, -0.1) is 0 Å². The van der Waals surface area contributed by atoms with Crippen LogP contribution in [0.1, 0.15) is 16.1 Å². The van der Waals surface area contributed by atoms with Crippen molar-refractivity contribution in [3.8, 4) is 28.7 Å². The van der Waals surface area contributed by atoms with Gasteiger partial charge in [-0.05, 0) is 60.7 Å². The molecule has 5 heterocycles. The number of imidazole rings is 2.